The van der Waals surface area contributed by atoms with Crippen LogP contribution in [0.1, 0.15) is 25.8 Å². The summed E-state index contributed by atoms with van der Waals surface area (Å²) in [6.45, 7) is 4.90. The fraction of sp³-hybridized carbons (Fsp3) is 0.296. The van der Waals surface area contributed by atoms with E-state index in [1.807, 2.05) is 36.4 Å². The van der Waals surface area contributed by atoms with E-state index in [0.717, 1.165) is 23.1 Å². The van der Waals surface area contributed by atoms with Gasteiger partial charge in [-0.15, -0.1) is 10.2 Å². The molecule has 2 atom stereocenters. The molecule has 0 bridgehead atoms. The number of hydrogen-bond donors (Lipinski definition) is 3. The van der Waals surface area contributed by atoms with Crippen LogP contribution in [0.5, 0.6) is 0 Å². The van der Waals surface area contributed by atoms with E-state index < -0.39 is 6.67 Å². The monoisotopic (exact) mass is 522 g/mol. The Bertz CT molecular complexity index is 1340. The maximum absolute atomic E-state index is 12.3. The van der Waals surface area contributed by atoms with E-state index in [-0.39, 0.29) is 28.8 Å². The third kappa shape index (κ3) is 6.46. The van der Waals surface area contributed by atoms with Crippen LogP contribution >= 0.6 is 10.5 Å². The van der Waals surface area contributed by atoms with Crippen LogP contribution < -0.4 is 11.1 Å². The lowest BCUT2D eigenvalue weighted by atomic mass is 10.1. The standard InChI is InChI=1S/C27H31FN6O2S/c1-3-37(18(2)12-15-35)22-10-8-20(9-11-22)23-17-31-25(29)24(32-23)27-34-33-26(36-27)21-6-4-19(5-7-21)16-30-14-13-28/h3-11,17-18,30,35H,12-16H2,1-2H3,(H2,29,31). The van der Waals surface area contributed by atoms with E-state index in [1.54, 1.807) is 6.20 Å². The first-order chi connectivity index (χ1) is 18.0. The molecule has 4 aromatic rings. The Hall–Kier alpha value is -3.47. The van der Waals surface area contributed by atoms with Crippen molar-refractivity contribution < 1.29 is 13.9 Å². The Morgan fingerprint density at radius 3 is 2.46 bits per heavy atom. The van der Waals surface area contributed by atoms with Crippen LogP contribution in [0, 0.1) is 0 Å². The Morgan fingerprint density at radius 1 is 1.08 bits per heavy atom. The van der Waals surface area contributed by atoms with E-state index in [9.17, 15) is 9.50 Å². The minimum Gasteiger partial charge on any atom is -0.414 e. The van der Waals surface area contributed by atoms with Crippen molar-refractivity contribution >= 4 is 21.7 Å². The molecule has 194 valence electrons. The average Bonchev–Trinajstić information content (AvgIpc) is 3.41. The van der Waals surface area contributed by atoms with Crippen LogP contribution in [0.2, 0.25) is 0 Å². The third-order valence-corrected chi connectivity index (χ3v) is 8.30. The van der Waals surface area contributed by atoms with E-state index in [1.165, 1.54) is 4.90 Å². The molecule has 2 aromatic carbocycles. The second-order valence-corrected chi connectivity index (χ2v) is 10.9. The maximum atomic E-state index is 12.3. The van der Waals surface area contributed by atoms with Gasteiger partial charge in [0.2, 0.25) is 5.89 Å². The van der Waals surface area contributed by atoms with Gasteiger partial charge >= 0.3 is 0 Å². The summed E-state index contributed by atoms with van der Waals surface area (Å²) in [5.41, 5.74) is 9.75. The summed E-state index contributed by atoms with van der Waals surface area (Å²) >= 11 is 0. The molecule has 4 rings (SSSR count). The number of nitrogens with zero attached hydrogens (tertiary/aromatic N) is 4. The SMILES string of the molecule is C/C=S(\c1ccc(-c2cnc(N)c(-c3nnc(-c4ccc(CNCCF)cc4)o3)n2)cc1)C(C)CCO. The zero-order chi connectivity index (χ0) is 26.2. The largest absolute Gasteiger partial charge is 0.414 e. The van der Waals surface area contributed by atoms with Crippen molar-refractivity contribution in [1.82, 2.24) is 25.5 Å². The molecule has 2 unspecified atom stereocenters. The number of nitrogen functional groups attached to an aromatic ring is 1. The Kier molecular flexibility index (Phi) is 9.10. The highest BCUT2D eigenvalue weighted by Crippen LogP contribution is 2.34. The van der Waals surface area contributed by atoms with Crippen molar-refractivity contribution in [1.29, 1.82) is 0 Å². The van der Waals surface area contributed by atoms with Crippen LogP contribution in [-0.2, 0) is 6.54 Å². The first kappa shape index (κ1) is 26.6. The lowest BCUT2D eigenvalue weighted by molar-refractivity contribution is 0.289. The van der Waals surface area contributed by atoms with Crippen molar-refractivity contribution in [3.63, 3.8) is 0 Å². The molecule has 0 saturated carbocycles. The third-order valence-electron chi connectivity index (χ3n) is 5.87. The van der Waals surface area contributed by atoms with Crippen molar-refractivity contribution in [2.45, 2.75) is 37.0 Å². The molecule has 0 spiro atoms. The number of benzene rings is 2. The highest BCUT2D eigenvalue weighted by atomic mass is 32.2. The Balaban J connectivity index is 1.54. The van der Waals surface area contributed by atoms with Crippen molar-refractivity contribution in [3.05, 3.63) is 60.3 Å². The lowest BCUT2D eigenvalue weighted by Gasteiger charge is -2.17. The molecule has 0 radical (unpaired) electrons. The highest BCUT2D eigenvalue weighted by molar-refractivity contribution is 8.15. The molecule has 2 aromatic heterocycles. The predicted molar refractivity (Wildman–Crippen MR) is 147 cm³/mol. The molecule has 0 saturated heterocycles. The highest BCUT2D eigenvalue weighted by Gasteiger charge is 2.17. The van der Waals surface area contributed by atoms with Crippen LogP contribution in [0.4, 0.5) is 10.2 Å². The quantitative estimate of drug-likeness (QED) is 0.191. The molecule has 8 nitrogen and oxygen atoms in total. The van der Waals surface area contributed by atoms with Gasteiger partial charge in [-0.3, -0.25) is 0 Å². The molecular formula is C27H31FN6O2S. The minimum atomic E-state index is -0.398. The average molecular weight is 523 g/mol. The van der Waals surface area contributed by atoms with Gasteiger partial charge in [-0.05, 0) is 43.2 Å². The van der Waals surface area contributed by atoms with Gasteiger partial charge in [0, 0.05) is 41.0 Å². The molecule has 4 N–H and O–H groups in total. The van der Waals surface area contributed by atoms with E-state index in [0.29, 0.717) is 35.6 Å². The molecule has 10 heteroatoms. The van der Waals surface area contributed by atoms with Crippen LogP contribution in [-0.4, -0.2) is 55.7 Å². The molecule has 0 amide bonds. The van der Waals surface area contributed by atoms with Crippen molar-refractivity contribution in [2.75, 3.05) is 25.6 Å². The molecule has 0 aliphatic carbocycles. The number of aromatic nitrogens is 4. The van der Waals surface area contributed by atoms with Gasteiger partial charge in [0.1, 0.15) is 6.67 Å². The number of aliphatic hydroxyl groups excluding tert-OH is 1. The lowest BCUT2D eigenvalue weighted by Crippen LogP contribution is -2.15. The van der Waals surface area contributed by atoms with Gasteiger partial charge in [0.05, 0.1) is 11.9 Å². The van der Waals surface area contributed by atoms with Gasteiger partial charge in [-0.2, -0.15) is 10.5 Å². The number of aliphatic hydroxyl groups is 1. The van der Waals surface area contributed by atoms with Crippen LogP contribution in [0.15, 0.2) is 64.0 Å². The summed E-state index contributed by atoms with van der Waals surface area (Å²) in [5, 5.41) is 23.2. The minimum absolute atomic E-state index is 0.0543. The zero-order valence-electron chi connectivity index (χ0n) is 20.9. The van der Waals surface area contributed by atoms with Gasteiger partial charge in [0.25, 0.3) is 5.89 Å². The summed E-state index contributed by atoms with van der Waals surface area (Å²) < 4.78 is 18.2. The second-order valence-electron chi connectivity index (χ2n) is 8.42. The first-order valence-corrected chi connectivity index (χ1v) is 13.4. The summed E-state index contributed by atoms with van der Waals surface area (Å²) in [7, 11) is -0.0543. The summed E-state index contributed by atoms with van der Waals surface area (Å²) in [6.07, 6.45) is 2.39. The molecule has 37 heavy (non-hydrogen) atoms. The zero-order valence-corrected chi connectivity index (χ0v) is 21.7. The number of nitrogens with one attached hydrogen (secondary N) is 1. The number of nitrogens with two attached hydrogens (primary N) is 1. The predicted octanol–water partition coefficient (Wildman–Crippen LogP) is 4.72. The molecule has 0 fully saturated rings. The van der Waals surface area contributed by atoms with Gasteiger partial charge in [-0.1, -0.05) is 36.6 Å². The number of anilines is 1. The van der Waals surface area contributed by atoms with E-state index in [2.05, 4.69) is 56.8 Å². The maximum Gasteiger partial charge on any atom is 0.270 e. The summed E-state index contributed by atoms with van der Waals surface area (Å²) in [4.78, 5) is 10.2. The van der Waals surface area contributed by atoms with E-state index in [4.69, 9.17) is 10.2 Å². The fourth-order valence-corrected chi connectivity index (χ4v) is 5.90. The number of alkyl halides is 1. The number of hydrogen-bond acceptors (Lipinski definition) is 8. The number of halogens is 1. The smallest absolute Gasteiger partial charge is 0.270 e. The molecule has 2 heterocycles. The van der Waals surface area contributed by atoms with Crippen LogP contribution in [0.3, 0.4) is 0 Å². The van der Waals surface area contributed by atoms with Gasteiger partial charge < -0.3 is 20.6 Å². The Labute approximate surface area is 218 Å². The van der Waals surface area contributed by atoms with Gasteiger partial charge in [-0.25, -0.2) is 14.4 Å². The topological polar surface area (TPSA) is 123 Å². The Morgan fingerprint density at radius 2 is 1.78 bits per heavy atom. The van der Waals surface area contributed by atoms with Crippen LogP contribution in [0.25, 0.3) is 34.3 Å². The molecule has 0 aliphatic rings. The molecular weight excluding hydrogens is 491 g/mol. The summed E-state index contributed by atoms with van der Waals surface area (Å²) in [5.74, 6) is 0.728. The normalized spacial score (nSPS) is 13.1. The van der Waals surface area contributed by atoms with E-state index >= 15 is 0 Å². The number of rotatable bonds is 11. The van der Waals surface area contributed by atoms with Gasteiger partial charge in [0.15, 0.2) is 11.5 Å². The van der Waals surface area contributed by atoms with Crippen molar-refractivity contribution in [2.24, 2.45) is 0 Å². The first-order valence-electron chi connectivity index (χ1n) is 12.1. The fourth-order valence-electron chi connectivity index (χ4n) is 3.89. The summed E-state index contributed by atoms with van der Waals surface area (Å²) in [6, 6.07) is 15.8. The second kappa shape index (κ2) is 12.7. The molecule has 0 aliphatic heterocycles. The van der Waals surface area contributed by atoms with Crippen molar-refractivity contribution in [3.8, 4) is 34.3 Å².